The third kappa shape index (κ3) is 6.18. The number of anilines is 6. The molecule has 1 aliphatic heterocycles. The van der Waals surface area contributed by atoms with Crippen molar-refractivity contribution >= 4 is 67.1 Å². The molecule has 0 aliphatic carbocycles. The van der Waals surface area contributed by atoms with Crippen molar-refractivity contribution < 1.29 is 17.9 Å². The average molecular weight is 596 g/mol. The molecule has 1 fully saturated rings. The van der Waals surface area contributed by atoms with E-state index in [0.717, 1.165) is 34.3 Å². The van der Waals surface area contributed by atoms with E-state index in [9.17, 15) is 8.42 Å². The lowest BCUT2D eigenvalue weighted by Crippen LogP contribution is -2.36. The highest BCUT2D eigenvalue weighted by Crippen LogP contribution is 2.33. The van der Waals surface area contributed by atoms with Gasteiger partial charge in [-0.05, 0) is 46.9 Å². The summed E-state index contributed by atoms with van der Waals surface area (Å²) in [6.07, 6.45) is 2.79. The topological polar surface area (TPSA) is 118 Å². The standard InChI is InChI=1S/C22H25IN6O4S/c1-32-20-13-15(29-9-11-33-12-10-29)7-8-19(20)26-22-24-14-16(23)21(27-22)25-17-5-3-4-6-18(17)28-34(2,30)31/h3-8,13-14,28H,9-12H2,1-2H3,(H2,24,25,26,27). The lowest BCUT2D eigenvalue weighted by Gasteiger charge is -2.29. The van der Waals surface area contributed by atoms with Gasteiger partial charge in [0.1, 0.15) is 11.6 Å². The zero-order chi connectivity index (χ0) is 24.1. The molecule has 3 N–H and O–H groups in total. The van der Waals surface area contributed by atoms with Gasteiger partial charge in [0.2, 0.25) is 16.0 Å². The van der Waals surface area contributed by atoms with E-state index < -0.39 is 10.0 Å². The van der Waals surface area contributed by atoms with Gasteiger partial charge < -0.3 is 25.0 Å². The van der Waals surface area contributed by atoms with Crippen molar-refractivity contribution in [2.24, 2.45) is 0 Å². The molecule has 12 heteroatoms. The SMILES string of the molecule is COc1cc(N2CCOCC2)ccc1Nc1ncc(I)c(Nc2ccccc2NS(C)(=O)=O)n1. The summed E-state index contributed by atoms with van der Waals surface area (Å²) >= 11 is 2.12. The van der Waals surface area contributed by atoms with E-state index in [2.05, 4.69) is 52.8 Å². The number of halogens is 1. The Bertz CT molecular complexity index is 1270. The van der Waals surface area contributed by atoms with Crippen LogP contribution in [0, 0.1) is 3.57 Å². The molecule has 0 atom stereocenters. The number of methoxy groups -OCH3 is 1. The van der Waals surface area contributed by atoms with Gasteiger partial charge in [-0.3, -0.25) is 4.72 Å². The smallest absolute Gasteiger partial charge is 0.229 e. The average Bonchev–Trinajstić information content (AvgIpc) is 2.82. The van der Waals surface area contributed by atoms with Crippen molar-refractivity contribution in [3.05, 3.63) is 52.2 Å². The van der Waals surface area contributed by atoms with Crippen molar-refractivity contribution in [2.45, 2.75) is 0 Å². The number of rotatable bonds is 8. The first-order valence-corrected chi connectivity index (χ1v) is 13.4. The highest BCUT2D eigenvalue weighted by molar-refractivity contribution is 14.1. The molecule has 1 aliphatic rings. The molecule has 180 valence electrons. The molecule has 0 amide bonds. The molecular formula is C22H25IN6O4S. The van der Waals surface area contributed by atoms with Crippen LogP contribution in [0.1, 0.15) is 0 Å². The van der Waals surface area contributed by atoms with Gasteiger partial charge >= 0.3 is 0 Å². The number of aromatic nitrogens is 2. The fourth-order valence-corrected chi connectivity index (χ4v) is 4.42. The molecule has 0 spiro atoms. The largest absolute Gasteiger partial charge is 0.494 e. The fourth-order valence-electron chi connectivity index (χ4n) is 3.45. The van der Waals surface area contributed by atoms with Crippen molar-refractivity contribution in [3.63, 3.8) is 0 Å². The lowest BCUT2D eigenvalue weighted by atomic mass is 10.2. The third-order valence-electron chi connectivity index (χ3n) is 5.03. The number of ether oxygens (including phenoxy) is 2. The van der Waals surface area contributed by atoms with Crippen LogP contribution in [-0.4, -0.2) is 58.1 Å². The molecule has 0 saturated carbocycles. The maximum Gasteiger partial charge on any atom is 0.229 e. The van der Waals surface area contributed by atoms with Crippen LogP contribution in [0.15, 0.2) is 48.7 Å². The van der Waals surface area contributed by atoms with Gasteiger partial charge in [-0.15, -0.1) is 0 Å². The van der Waals surface area contributed by atoms with Gasteiger partial charge in [0, 0.05) is 31.0 Å². The molecule has 10 nitrogen and oxygen atoms in total. The zero-order valence-electron chi connectivity index (χ0n) is 18.7. The molecule has 34 heavy (non-hydrogen) atoms. The predicted molar refractivity (Wildman–Crippen MR) is 142 cm³/mol. The van der Waals surface area contributed by atoms with Crippen LogP contribution in [0.4, 0.5) is 34.5 Å². The van der Waals surface area contributed by atoms with Gasteiger partial charge in [0.05, 0.1) is 47.2 Å². The van der Waals surface area contributed by atoms with Gasteiger partial charge in [-0.2, -0.15) is 4.98 Å². The second-order valence-electron chi connectivity index (χ2n) is 7.54. The van der Waals surface area contributed by atoms with Gasteiger partial charge in [0.15, 0.2) is 0 Å². The van der Waals surface area contributed by atoms with E-state index >= 15 is 0 Å². The van der Waals surface area contributed by atoms with Crippen LogP contribution in [-0.2, 0) is 14.8 Å². The van der Waals surface area contributed by atoms with Crippen molar-refractivity contribution in [1.82, 2.24) is 9.97 Å². The van der Waals surface area contributed by atoms with E-state index in [1.54, 1.807) is 31.5 Å². The fraction of sp³-hybridized carbons (Fsp3) is 0.273. The maximum absolute atomic E-state index is 11.7. The van der Waals surface area contributed by atoms with Crippen molar-refractivity contribution in [3.8, 4) is 5.75 Å². The van der Waals surface area contributed by atoms with Crippen LogP contribution in [0.25, 0.3) is 0 Å². The molecule has 4 rings (SSSR count). The number of morpholine rings is 1. The van der Waals surface area contributed by atoms with Crippen LogP contribution in [0.2, 0.25) is 0 Å². The van der Waals surface area contributed by atoms with E-state index in [0.29, 0.717) is 42.1 Å². The number of hydrogen-bond donors (Lipinski definition) is 3. The van der Waals surface area contributed by atoms with Crippen molar-refractivity contribution in [2.75, 3.05) is 59.9 Å². The number of sulfonamides is 1. The Hall–Kier alpha value is -2.84. The second kappa shape index (κ2) is 10.6. The first-order valence-electron chi connectivity index (χ1n) is 10.5. The number of benzene rings is 2. The number of para-hydroxylation sites is 2. The summed E-state index contributed by atoms with van der Waals surface area (Å²) in [5, 5.41) is 6.41. The highest BCUT2D eigenvalue weighted by atomic mass is 127. The molecule has 3 aromatic rings. The Kier molecular flexibility index (Phi) is 7.58. The molecule has 1 aromatic heterocycles. The van der Waals surface area contributed by atoms with Crippen molar-refractivity contribution in [1.29, 1.82) is 0 Å². The van der Waals surface area contributed by atoms with Gasteiger partial charge in [-0.1, -0.05) is 12.1 Å². The molecule has 1 saturated heterocycles. The van der Waals surface area contributed by atoms with E-state index in [1.807, 2.05) is 24.3 Å². The lowest BCUT2D eigenvalue weighted by molar-refractivity contribution is 0.122. The van der Waals surface area contributed by atoms with Crippen LogP contribution >= 0.6 is 22.6 Å². The Labute approximate surface area is 212 Å². The number of nitrogens with zero attached hydrogens (tertiary/aromatic N) is 3. The Morgan fingerprint density at radius 1 is 1.06 bits per heavy atom. The summed E-state index contributed by atoms with van der Waals surface area (Å²) in [5.41, 5.74) is 2.79. The summed E-state index contributed by atoms with van der Waals surface area (Å²) in [4.78, 5) is 11.2. The molecule has 2 heterocycles. The van der Waals surface area contributed by atoms with E-state index in [4.69, 9.17) is 9.47 Å². The molecule has 0 unspecified atom stereocenters. The predicted octanol–water partition coefficient (Wildman–Crippen LogP) is 3.79. The van der Waals surface area contributed by atoms with E-state index in [1.165, 1.54) is 0 Å². The zero-order valence-corrected chi connectivity index (χ0v) is 21.7. The molecular weight excluding hydrogens is 571 g/mol. The Morgan fingerprint density at radius 2 is 1.79 bits per heavy atom. The Balaban J connectivity index is 1.56. The maximum atomic E-state index is 11.7. The normalized spacial score (nSPS) is 13.9. The Morgan fingerprint density at radius 3 is 2.50 bits per heavy atom. The van der Waals surface area contributed by atoms with Gasteiger partial charge in [0.25, 0.3) is 0 Å². The number of hydrogen-bond acceptors (Lipinski definition) is 9. The first kappa shape index (κ1) is 24.3. The third-order valence-corrected chi connectivity index (χ3v) is 6.41. The summed E-state index contributed by atoms with van der Waals surface area (Å²) < 4.78 is 37.8. The summed E-state index contributed by atoms with van der Waals surface area (Å²) in [6.45, 7) is 3.08. The minimum absolute atomic E-state index is 0.369. The van der Waals surface area contributed by atoms with Crippen LogP contribution in [0.5, 0.6) is 5.75 Å². The number of nitrogens with one attached hydrogen (secondary N) is 3. The first-order chi connectivity index (χ1) is 16.3. The van der Waals surface area contributed by atoms with E-state index in [-0.39, 0.29) is 0 Å². The van der Waals surface area contributed by atoms with Crippen LogP contribution in [0.3, 0.4) is 0 Å². The summed E-state index contributed by atoms with van der Waals surface area (Å²) in [7, 11) is -1.81. The molecule has 2 aromatic carbocycles. The summed E-state index contributed by atoms with van der Waals surface area (Å²) in [6, 6.07) is 12.9. The second-order valence-corrected chi connectivity index (χ2v) is 10.5. The van der Waals surface area contributed by atoms with Crippen LogP contribution < -0.4 is 25.0 Å². The highest BCUT2D eigenvalue weighted by Gasteiger charge is 2.15. The quantitative estimate of drug-likeness (QED) is 0.334. The monoisotopic (exact) mass is 596 g/mol. The van der Waals surface area contributed by atoms with Gasteiger partial charge in [-0.25, -0.2) is 13.4 Å². The minimum atomic E-state index is -3.43. The minimum Gasteiger partial charge on any atom is -0.494 e. The molecule has 0 bridgehead atoms. The molecule has 0 radical (unpaired) electrons. The summed E-state index contributed by atoms with van der Waals surface area (Å²) in [5.74, 6) is 1.57.